The lowest BCUT2D eigenvalue weighted by atomic mass is 10.1. The van der Waals surface area contributed by atoms with Crippen LogP contribution in [0.25, 0.3) is 0 Å². The highest BCUT2D eigenvalue weighted by atomic mass is 32.2. The van der Waals surface area contributed by atoms with Crippen molar-refractivity contribution in [1.82, 2.24) is 9.21 Å². The van der Waals surface area contributed by atoms with Crippen LogP contribution in [0.4, 0.5) is 5.69 Å². The Labute approximate surface area is 125 Å². The quantitative estimate of drug-likeness (QED) is 0.894. The van der Waals surface area contributed by atoms with Crippen molar-refractivity contribution in [2.75, 3.05) is 44.8 Å². The molecule has 0 aromatic heterocycles. The lowest BCUT2D eigenvalue weighted by molar-refractivity contribution is 0.0699. The van der Waals surface area contributed by atoms with Gasteiger partial charge in [0.05, 0.1) is 11.8 Å². The number of aryl methyl sites for hydroxylation is 1. The van der Waals surface area contributed by atoms with E-state index in [1.54, 1.807) is 11.9 Å². The number of rotatable bonds is 3. The third-order valence-electron chi connectivity index (χ3n) is 3.67. The van der Waals surface area contributed by atoms with Crippen LogP contribution in [0.1, 0.15) is 15.9 Å². The molecule has 1 fully saturated rings. The number of anilines is 1. The molecule has 1 saturated heterocycles. The van der Waals surface area contributed by atoms with Crippen molar-refractivity contribution in [3.63, 3.8) is 0 Å². The van der Waals surface area contributed by atoms with Crippen LogP contribution in [0.3, 0.4) is 0 Å². The van der Waals surface area contributed by atoms with Gasteiger partial charge in [-0.05, 0) is 19.1 Å². The van der Waals surface area contributed by atoms with Gasteiger partial charge in [-0.25, -0.2) is 8.42 Å². The number of piperazine rings is 1. The summed E-state index contributed by atoms with van der Waals surface area (Å²) in [4.78, 5) is 14.3. The van der Waals surface area contributed by atoms with Gasteiger partial charge >= 0.3 is 0 Å². The van der Waals surface area contributed by atoms with Gasteiger partial charge in [0, 0.05) is 38.9 Å². The molecular formula is C14H21N3O3S. The van der Waals surface area contributed by atoms with Crippen LogP contribution >= 0.6 is 0 Å². The van der Waals surface area contributed by atoms with Crippen LogP contribution < -0.4 is 5.32 Å². The molecule has 0 saturated carbocycles. The number of carbonyl (C=O) groups is 1. The van der Waals surface area contributed by atoms with Crippen molar-refractivity contribution in [2.45, 2.75) is 6.92 Å². The first kappa shape index (κ1) is 15.8. The lowest BCUT2D eigenvalue weighted by Gasteiger charge is -2.33. The van der Waals surface area contributed by atoms with Crippen molar-refractivity contribution in [3.8, 4) is 0 Å². The third-order valence-corrected chi connectivity index (χ3v) is 4.97. The molecule has 7 heteroatoms. The maximum atomic E-state index is 12.6. The summed E-state index contributed by atoms with van der Waals surface area (Å²) in [5.74, 6) is -0.0591. The molecule has 1 aliphatic rings. The SMILES string of the molecule is CNc1ccc(C)cc1C(=O)N1CCN(S(C)(=O)=O)CC1. The molecule has 1 N–H and O–H groups in total. The zero-order valence-electron chi connectivity index (χ0n) is 12.6. The Hall–Kier alpha value is -1.60. The lowest BCUT2D eigenvalue weighted by Crippen LogP contribution is -2.50. The molecule has 1 amide bonds. The summed E-state index contributed by atoms with van der Waals surface area (Å²) >= 11 is 0. The first-order valence-electron chi connectivity index (χ1n) is 6.85. The summed E-state index contributed by atoms with van der Waals surface area (Å²) < 4.78 is 24.4. The van der Waals surface area contributed by atoms with Gasteiger partial charge in [0.15, 0.2) is 0 Å². The minimum Gasteiger partial charge on any atom is -0.387 e. The minimum absolute atomic E-state index is 0.0591. The highest BCUT2D eigenvalue weighted by molar-refractivity contribution is 7.88. The normalized spacial score (nSPS) is 16.8. The van der Waals surface area contributed by atoms with E-state index in [2.05, 4.69) is 5.32 Å². The zero-order chi connectivity index (χ0) is 15.6. The van der Waals surface area contributed by atoms with Crippen molar-refractivity contribution < 1.29 is 13.2 Å². The van der Waals surface area contributed by atoms with Crippen LogP contribution in [0.5, 0.6) is 0 Å². The summed E-state index contributed by atoms with van der Waals surface area (Å²) in [7, 11) is -1.40. The molecule has 2 rings (SSSR count). The molecule has 1 aliphatic heterocycles. The number of hydrogen-bond donors (Lipinski definition) is 1. The maximum absolute atomic E-state index is 12.6. The third kappa shape index (κ3) is 3.54. The summed E-state index contributed by atoms with van der Waals surface area (Å²) in [6.45, 7) is 3.49. The molecule has 0 unspecified atom stereocenters. The summed E-state index contributed by atoms with van der Waals surface area (Å²) in [6, 6.07) is 5.69. The van der Waals surface area contributed by atoms with Gasteiger partial charge < -0.3 is 10.2 Å². The number of nitrogens with zero attached hydrogens (tertiary/aromatic N) is 2. The fraction of sp³-hybridized carbons (Fsp3) is 0.500. The van der Waals surface area contributed by atoms with Gasteiger partial charge in [-0.15, -0.1) is 0 Å². The van der Waals surface area contributed by atoms with E-state index in [9.17, 15) is 13.2 Å². The molecule has 0 atom stereocenters. The smallest absolute Gasteiger partial charge is 0.256 e. The van der Waals surface area contributed by atoms with E-state index < -0.39 is 10.0 Å². The van der Waals surface area contributed by atoms with Crippen LogP contribution in [0.15, 0.2) is 18.2 Å². The highest BCUT2D eigenvalue weighted by Gasteiger charge is 2.27. The number of sulfonamides is 1. The van der Waals surface area contributed by atoms with E-state index >= 15 is 0 Å². The van der Waals surface area contributed by atoms with Crippen LogP contribution in [0.2, 0.25) is 0 Å². The largest absolute Gasteiger partial charge is 0.387 e. The van der Waals surface area contributed by atoms with Crippen LogP contribution in [-0.2, 0) is 10.0 Å². The van der Waals surface area contributed by atoms with Gasteiger partial charge in [0.2, 0.25) is 10.0 Å². The summed E-state index contributed by atoms with van der Waals surface area (Å²) in [5, 5.41) is 3.02. The molecular weight excluding hydrogens is 290 g/mol. The molecule has 0 radical (unpaired) electrons. The number of hydrogen-bond acceptors (Lipinski definition) is 4. The average molecular weight is 311 g/mol. The summed E-state index contributed by atoms with van der Waals surface area (Å²) in [6.07, 6.45) is 1.20. The Balaban J connectivity index is 2.14. The molecule has 21 heavy (non-hydrogen) atoms. The van der Waals surface area contributed by atoms with Crippen molar-refractivity contribution >= 4 is 21.6 Å². The van der Waals surface area contributed by atoms with Crippen molar-refractivity contribution in [3.05, 3.63) is 29.3 Å². The van der Waals surface area contributed by atoms with E-state index in [1.807, 2.05) is 25.1 Å². The second-order valence-corrected chi connectivity index (χ2v) is 7.24. The second kappa shape index (κ2) is 6.03. The number of carbonyl (C=O) groups excluding carboxylic acids is 1. The van der Waals surface area contributed by atoms with Gasteiger partial charge in [-0.2, -0.15) is 4.31 Å². The molecule has 0 spiro atoms. The maximum Gasteiger partial charge on any atom is 0.256 e. The minimum atomic E-state index is -3.18. The van der Waals surface area contributed by atoms with Crippen LogP contribution in [-0.4, -0.2) is 63.0 Å². The van der Waals surface area contributed by atoms with Crippen molar-refractivity contribution in [2.24, 2.45) is 0 Å². The Morgan fingerprint density at radius 1 is 1.19 bits per heavy atom. The molecule has 1 aromatic rings. The Kier molecular flexibility index (Phi) is 4.53. The van der Waals surface area contributed by atoms with E-state index in [0.29, 0.717) is 31.7 Å². The molecule has 0 aliphatic carbocycles. The topological polar surface area (TPSA) is 69.7 Å². The van der Waals surface area contributed by atoms with Crippen LogP contribution in [0, 0.1) is 6.92 Å². The van der Waals surface area contributed by atoms with E-state index in [1.165, 1.54) is 10.6 Å². The molecule has 6 nitrogen and oxygen atoms in total. The van der Waals surface area contributed by atoms with E-state index in [-0.39, 0.29) is 5.91 Å². The van der Waals surface area contributed by atoms with E-state index in [0.717, 1.165) is 11.3 Å². The zero-order valence-corrected chi connectivity index (χ0v) is 13.4. The standard InChI is InChI=1S/C14H21N3O3S/c1-11-4-5-13(15-2)12(10-11)14(18)16-6-8-17(9-7-16)21(3,19)20/h4-5,10,15H,6-9H2,1-3H3. The second-order valence-electron chi connectivity index (χ2n) is 5.25. The number of nitrogens with one attached hydrogen (secondary N) is 1. The van der Waals surface area contributed by atoms with Crippen molar-refractivity contribution in [1.29, 1.82) is 0 Å². The first-order chi connectivity index (χ1) is 9.82. The Morgan fingerprint density at radius 3 is 2.33 bits per heavy atom. The van der Waals surface area contributed by atoms with Gasteiger partial charge in [0.25, 0.3) is 5.91 Å². The molecule has 0 bridgehead atoms. The summed E-state index contributed by atoms with van der Waals surface area (Å²) in [5.41, 5.74) is 2.44. The fourth-order valence-corrected chi connectivity index (χ4v) is 3.27. The van der Waals surface area contributed by atoms with Gasteiger partial charge in [-0.1, -0.05) is 11.6 Å². The van der Waals surface area contributed by atoms with Gasteiger partial charge in [0.1, 0.15) is 0 Å². The van der Waals surface area contributed by atoms with Gasteiger partial charge in [-0.3, -0.25) is 4.79 Å². The molecule has 1 heterocycles. The fourth-order valence-electron chi connectivity index (χ4n) is 2.45. The monoisotopic (exact) mass is 311 g/mol. The highest BCUT2D eigenvalue weighted by Crippen LogP contribution is 2.20. The molecule has 1 aromatic carbocycles. The Morgan fingerprint density at radius 2 is 1.81 bits per heavy atom. The Bertz CT molecular complexity index is 635. The predicted molar refractivity (Wildman–Crippen MR) is 83.0 cm³/mol. The van der Waals surface area contributed by atoms with E-state index in [4.69, 9.17) is 0 Å². The first-order valence-corrected chi connectivity index (χ1v) is 8.70. The predicted octanol–water partition coefficient (Wildman–Crippen LogP) is 0.754. The number of amides is 1. The average Bonchev–Trinajstić information content (AvgIpc) is 2.45. The number of benzene rings is 1. The molecule has 116 valence electrons.